The third-order valence-corrected chi connectivity index (χ3v) is 6.80. The zero-order valence-corrected chi connectivity index (χ0v) is 18.5. The van der Waals surface area contributed by atoms with Crippen LogP contribution >= 0.6 is 0 Å². The van der Waals surface area contributed by atoms with Crippen LogP contribution < -0.4 is 10.0 Å². The Balaban J connectivity index is 1.73. The van der Waals surface area contributed by atoms with E-state index in [1.54, 1.807) is 29.2 Å². The van der Waals surface area contributed by atoms with Crippen molar-refractivity contribution >= 4 is 22.0 Å². The predicted octanol–water partition coefficient (Wildman–Crippen LogP) is 2.06. The number of halogens is 1. The predicted molar refractivity (Wildman–Crippen MR) is 116 cm³/mol. The number of hydrogen-bond acceptors (Lipinski definition) is 5. The van der Waals surface area contributed by atoms with Crippen LogP contribution in [-0.2, 0) is 26.0 Å². The number of benzene rings is 2. The molecule has 1 aliphatic heterocycles. The van der Waals surface area contributed by atoms with Gasteiger partial charge in [-0.3, -0.25) is 4.79 Å². The number of carbonyl (C=O) groups is 2. The molecule has 1 saturated heterocycles. The van der Waals surface area contributed by atoms with E-state index in [9.17, 15) is 22.4 Å². The summed E-state index contributed by atoms with van der Waals surface area (Å²) in [4.78, 5) is 25.7. The minimum absolute atomic E-state index is 0.0986. The highest BCUT2D eigenvalue weighted by Gasteiger charge is 2.30. The van der Waals surface area contributed by atoms with E-state index in [-0.39, 0.29) is 12.5 Å². The zero-order valence-electron chi connectivity index (χ0n) is 17.7. The minimum Gasteiger partial charge on any atom is -0.453 e. The maximum atomic E-state index is 14.1. The number of piperidine rings is 1. The molecule has 0 radical (unpaired) electrons. The Morgan fingerprint density at radius 2 is 1.72 bits per heavy atom. The van der Waals surface area contributed by atoms with Crippen LogP contribution in [0.3, 0.4) is 0 Å². The number of ether oxygens (including phenoxy) is 1. The van der Waals surface area contributed by atoms with Gasteiger partial charge in [0.2, 0.25) is 15.9 Å². The van der Waals surface area contributed by atoms with Gasteiger partial charge in [0.15, 0.2) is 0 Å². The molecule has 2 aromatic rings. The van der Waals surface area contributed by atoms with Crippen molar-refractivity contribution < 1.29 is 27.1 Å². The first-order valence-electron chi connectivity index (χ1n) is 10.2. The molecule has 1 fully saturated rings. The lowest BCUT2D eigenvalue weighted by atomic mass is 10.0. The first-order valence-corrected chi connectivity index (χ1v) is 11.7. The highest BCUT2D eigenvalue weighted by molar-refractivity contribution is 7.89. The summed E-state index contributed by atoms with van der Waals surface area (Å²) in [6, 6.07) is 12.6. The Bertz CT molecular complexity index is 1040. The van der Waals surface area contributed by atoms with Crippen LogP contribution in [0.5, 0.6) is 0 Å². The van der Waals surface area contributed by atoms with Crippen molar-refractivity contribution in [2.24, 2.45) is 0 Å². The van der Waals surface area contributed by atoms with Gasteiger partial charge in [0.25, 0.3) is 0 Å². The summed E-state index contributed by atoms with van der Waals surface area (Å²) in [5.41, 5.74) is 0.754. The van der Waals surface area contributed by atoms with Crippen LogP contribution in [0.2, 0.25) is 0 Å². The molecule has 2 N–H and O–H groups in total. The summed E-state index contributed by atoms with van der Waals surface area (Å²) in [5, 5.41) is 2.87. The smallest absolute Gasteiger partial charge is 0.409 e. The lowest BCUT2D eigenvalue weighted by molar-refractivity contribution is -0.123. The maximum Gasteiger partial charge on any atom is 0.409 e. The fourth-order valence-corrected chi connectivity index (χ4v) is 4.86. The van der Waals surface area contributed by atoms with E-state index >= 15 is 0 Å². The highest BCUT2D eigenvalue weighted by atomic mass is 32.2. The number of hydrogen-bond donors (Lipinski definition) is 2. The molecule has 1 heterocycles. The summed E-state index contributed by atoms with van der Waals surface area (Å²) in [5.74, 6) is -1.40. The number of nitrogens with zero attached hydrogens (tertiary/aromatic N) is 1. The van der Waals surface area contributed by atoms with Crippen molar-refractivity contribution in [3.63, 3.8) is 0 Å². The second kappa shape index (κ2) is 10.6. The number of methoxy groups -OCH3 is 1. The molecule has 1 aliphatic rings. The van der Waals surface area contributed by atoms with Crippen molar-refractivity contribution in [3.8, 4) is 0 Å². The van der Waals surface area contributed by atoms with Gasteiger partial charge in [-0.2, -0.15) is 4.72 Å². The molecule has 1 unspecified atom stereocenters. The topological polar surface area (TPSA) is 105 Å². The van der Waals surface area contributed by atoms with E-state index in [4.69, 9.17) is 4.74 Å². The summed E-state index contributed by atoms with van der Waals surface area (Å²) in [6.07, 6.45) is 0.702. The van der Waals surface area contributed by atoms with E-state index in [0.717, 1.165) is 17.7 Å². The van der Waals surface area contributed by atoms with Crippen LogP contribution in [-0.4, -0.2) is 57.6 Å². The summed E-state index contributed by atoms with van der Waals surface area (Å²) < 4.78 is 46.8. The van der Waals surface area contributed by atoms with Crippen LogP contribution in [0.1, 0.15) is 18.4 Å². The average molecular weight is 464 g/mol. The molecule has 3 rings (SSSR count). The number of amides is 2. The van der Waals surface area contributed by atoms with Crippen molar-refractivity contribution in [2.75, 3.05) is 20.2 Å². The highest BCUT2D eigenvalue weighted by Crippen LogP contribution is 2.16. The molecule has 0 bridgehead atoms. The Hall–Kier alpha value is -2.98. The number of carbonyl (C=O) groups excluding carboxylic acids is 2. The Morgan fingerprint density at radius 1 is 1.09 bits per heavy atom. The molecule has 0 aliphatic carbocycles. The van der Waals surface area contributed by atoms with Gasteiger partial charge in [0.05, 0.1) is 7.11 Å². The van der Waals surface area contributed by atoms with Gasteiger partial charge < -0.3 is 15.0 Å². The van der Waals surface area contributed by atoms with Crippen LogP contribution in [0.25, 0.3) is 0 Å². The normalized spacial score (nSPS) is 15.8. The Morgan fingerprint density at radius 3 is 2.34 bits per heavy atom. The molecule has 0 aromatic heterocycles. The van der Waals surface area contributed by atoms with Crippen LogP contribution in [0.4, 0.5) is 9.18 Å². The number of sulfonamides is 1. The van der Waals surface area contributed by atoms with Gasteiger partial charge in [-0.05, 0) is 37.0 Å². The van der Waals surface area contributed by atoms with Crippen molar-refractivity contribution in [3.05, 3.63) is 66.0 Å². The van der Waals surface area contributed by atoms with E-state index in [0.29, 0.717) is 25.9 Å². The lowest BCUT2D eigenvalue weighted by Gasteiger charge is -2.32. The molecular formula is C22H26FN3O5S. The van der Waals surface area contributed by atoms with Crippen molar-refractivity contribution in [2.45, 2.75) is 36.2 Å². The second-order valence-electron chi connectivity index (χ2n) is 7.53. The molecule has 2 aromatic carbocycles. The average Bonchev–Trinajstić information content (AvgIpc) is 2.79. The largest absolute Gasteiger partial charge is 0.453 e. The lowest BCUT2D eigenvalue weighted by Crippen LogP contribution is -2.53. The van der Waals surface area contributed by atoms with Crippen LogP contribution in [0, 0.1) is 5.82 Å². The zero-order chi connectivity index (χ0) is 23.1. The number of rotatable bonds is 7. The molecule has 32 heavy (non-hydrogen) atoms. The van der Waals surface area contributed by atoms with Gasteiger partial charge in [0.1, 0.15) is 16.8 Å². The molecule has 0 saturated carbocycles. The van der Waals surface area contributed by atoms with E-state index in [2.05, 4.69) is 10.0 Å². The second-order valence-corrected chi connectivity index (χ2v) is 9.22. The monoisotopic (exact) mass is 463 g/mol. The van der Waals surface area contributed by atoms with Crippen LogP contribution in [0.15, 0.2) is 59.5 Å². The molecule has 172 valence electrons. The molecule has 8 nitrogen and oxygen atoms in total. The Kier molecular flexibility index (Phi) is 7.81. The number of likely N-dealkylation sites (tertiary alicyclic amines) is 1. The van der Waals surface area contributed by atoms with Crippen molar-refractivity contribution in [1.82, 2.24) is 14.9 Å². The number of nitrogens with one attached hydrogen (secondary N) is 2. The van der Waals surface area contributed by atoms with Gasteiger partial charge >= 0.3 is 6.09 Å². The first kappa shape index (κ1) is 23.7. The summed E-state index contributed by atoms with van der Waals surface area (Å²) in [6.45, 7) is 0.837. The summed E-state index contributed by atoms with van der Waals surface area (Å²) in [7, 11) is -2.96. The first-order chi connectivity index (χ1) is 15.3. The van der Waals surface area contributed by atoms with Gasteiger partial charge in [-0.1, -0.05) is 42.5 Å². The third-order valence-electron chi connectivity index (χ3n) is 5.30. The van der Waals surface area contributed by atoms with Crippen molar-refractivity contribution in [1.29, 1.82) is 0 Å². The molecular weight excluding hydrogens is 437 g/mol. The standard InChI is InChI=1S/C22H26FN3O5S/c1-31-22(28)26-13-11-17(12-14-26)24-21(27)19(15-16-7-3-2-4-8-16)25-32(29,30)20-10-6-5-9-18(20)23/h2-10,17,19,25H,11-15H2,1H3,(H,24,27). The molecule has 10 heteroatoms. The minimum atomic E-state index is -4.27. The van der Waals surface area contributed by atoms with E-state index in [1.807, 2.05) is 6.07 Å². The van der Waals surface area contributed by atoms with E-state index < -0.39 is 38.8 Å². The quantitative estimate of drug-likeness (QED) is 0.654. The van der Waals surface area contributed by atoms with Gasteiger partial charge in [-0.15, -0.1) is 0 Å². The van der Waals surface area contributed by atoms with Gasteiger partial charge in [-0.25, -0.2) is 17.6 Å². The fraction of sp³-hybridized carbons (Fsp3) is 0.364. The van der Waals surface area contributed by atoms with E-state index in [1.165, 1.54) is 19.2 Å². The SMILES string of the molecule is COC(=O)N1CCC(NC(=O)C(Cc2ccccc2)NS(=O)(=O)c2ccccc2F)CC1. The molecule has 0 spiro atoms. The Labute approximate surface area is 186 Å². The fourth-order valence-electron chi connectivity index (χ4n) is 3.59. The molecule has 1 atom stereocenters. The summed E-state index contributed by atoms with van der Waals surface area (Å²) >= 11 is 0. The third kappa shape index (κ3) is 6.04. The van der Waals surface area contributed by atoms with Gasteiger partial charge in [0, 0.05) is 19.1 Å². The maximum absolute atomic E-state index is 14.1. The molecule has 2 amide bonds.